The predicted octanol–water partition coefficient (Wildman–Crippen LogP) is 3.13. The van der Waals surface area contributed by atoms with Crippen molar-refractivity contribution in [2.24, 2.45) is 0 Å². The van der Waals surface area contributed by atoms with Gasteiger partial charge in [0.25, 0.3) is 10.9 Å². The van der Waals surface area contributed by atoms with E-state index in [0.717, 1.165) is 27.8 Å². The Bertz CT molecular complexity index is 1180. The van der Waals surface area contributed by atoms with E-state index in [2.05, 4.69) is 15.6 Å². The summed E-state index contributed by atoms with van der Waals surface area (Å²) >= 11 is 0. The summed E-state index contributed by atoms with van der Waals surface area (Å²) in [5.41, 5.74) is 3.09. The van der Waals surface area contributed by atoms with Crippen molar-refractivity contribution in [2.45, 2.75) is 13.5 Å². The molecule has 0 aliphatic heterocycles. The fourth-order valence-electron chi connectivity index (χ4n) is 3.04. The number of benzene rings is 2. The number of nitrogens with one attached hydrogen (secondary N) is 3. The van der Waals surface area contributed by atoms with E-state index in [9.17, 15) is 14.7 Å². The lowest BCUT2D eigenvalue weighted by molar-refractivity contribution is 0.474. The Labute approximate surface area is 148 Å². The molecule has 1 heterocycles. The Balaban J connectivity index is 1.56. The van der Waals surface area contributed by atoms with Gasteiger partial charge in [0, 0.05) is 28.8 Å². The van der Waals surface area contributed by atoms with Gasteiger partial charge in [-0.05, 0) is 48.9 Å². The third-order valence-corrected chi connectivity index (χ3v) is 4.31. The molecule has 0 saturated heterocycles. The number of phenols is 1. The highest BCUT2D eigenvalue weighted by Gasteiger charge is 2.21. The van der Waals surface area contributed by atoms with Gasteiger partial charge < -0.3 is 20.7 Å². The molecular formula is C20H17N3O3. The number of aryl methyl sites for hydroxylation is 1. The van der Waals surface area contributed by atoms with E-state index >= 15 is 0 Å². The maximum Gasteiger partial charge on any atom is 0.253 e. The lowest BCUT2D eigenvalue weighted by Gasteiger charge is -2.15. The summed E-state index contributed by atoms with van der Waals surface area (Å²) in [5.74, 6) is 0.155. The zero-order valence-corrected chi connectivity index (χ0v) is 14.1. The molecule has 1 aromatic heterocycles. The molecule has 0 unspecified atom stereocenters. The lowest BCUT2D eigenvalue weighted by Crippen LogP contribution is -2.36. The van der Waals surface area contributed by atoms with Gasteiger partial charge in [0.15, 0.2) is 0 Å². The van der Waals surface area contributed by atoms with Crippen LogP contribution in [0.2, 0.25) is 0 Å². The predicted molar refractivity (Wildman–Crippen MR) is 103 cm³/mol. The van der Waals surface area contributed by atoms with Crippen molar-refractivity contribution in [3.63, 3.8) is 0 Å². The van der Waals surface area contributed by atoms with Crippen LogP contribution in [0.3, 0.4) is 0 Å². The molecule has 0 spiro atoms. The number of hydrogen-bond donors (Lipinski definition) is 4. The number of phenolic OH excluding ortho intramolecular Hbond substituents is 1. The molecule has 4 N–H and O–H groups in total. The summed E-state index contributed by atoms with van der Waals surface area (Å²) in [7, 11) is 0. The van der Waals surface area contributed by atoms with Gasteiger partial charge in [0.05, 0.1) is 0 Å². The number of aromatic amines is 1. The number of anilines is 3. The van der Waals surface area contributed by atoms with E-state index < -0.39 is 10.9 Å². The zero-order chi connectivity index (χ0) is 18.3. The van der Waals surface area contributed by atoms with Crippen molar-refractivity contribution in [3.05, 3.63) is 80.2 Å². The van der Waals surface area contributed by atoms with Crippen LogP contribution in [0.1, 0.15) is 11.3 Å². The molecule has 6 nitrogen and oxygen atoms in total. The minimum Gasteiger partial charge on any atom is -0.508 e. The van der Waals surface area contributed by atoms with Gasteiger partial charge in [-0.15, -0.1) is 0 Å². The number of aromatic hydroxyl groups is 1. The maximum absolute atomic E-state index is 12.0. The van der Waals surface area contributed by atoms with Crippen molar-refractivity contribution in [3.8, 4) is 5.75 Å². The normalized spacial score (nSPS) is 11.1. The van der Waals surface area contributed by atoms with Gasteiger partial charge in [-0.25, -0.2) is 0 Å². The van der Waals surface area contributed by atoms with Crippen LogP contribution in [0, 0.1) is 6.92 Å². The smallest absolute Gasteiger partial charge is 0.253 e. The number of H-pyrrole nitrogens is 1. The lowest BCUT2D eigenvalue weighted by atomic mass is 10.1. The Morgan fingerprint density at radius 3 is 2.62 bits per heavy atom. The Kier molecular flexibility index (Phi) is 3.73. The molecule has 0 fully saturated rings. The second-order valence-electron chi connectivity index (χ2n) is 6.31. The molecule has 0 amide bonds. The van der Waals surface area contributed by atoms with Crippen molar-refractivity contribution in [1.82, 2.24) is 4.98 Å². The molecule has 130 valence electrons. The number of fused-ring (bicyclic) bond motifs is 1. The fourth-order valence-corrected chi connectivity index (χ4v) is 3.04. The van der Waals surface area contributed by atoms with E-state index in [0.29, 0.717) is 6.54 Å². The molecular weight excluding hydrogens is 330 g/mol. The van der Waals surface area contributed by atoms with Gasteiger partial charge in [-0.2, -0.15) is 0 Å². The van der Waals surface area contributed by atoms with Crippen molar-refractivity contribution < 1.29 is 5.11 Å². The van der Waals surface area contributed by atoms with Crippen LogP contribution in [0.15, 0.2) is 58.1 Å². The first-order chi connectivity index (χ1) is 12.5. The summed E-state index contributed by atoms with van der Waals surface area (Å²) < 4.78 is 0. The summed E-state index contributed by atoms with van der Waals surface area (Å²) in [4.78, 5) is 27.1. The number of rotatable bonds is 5. The molecule has 0 radical (unpaired) electrons. The molecule has 26 heavy (non-hydrogen) atoms. The van der Waals surface area contributed by atoms with Crippen LogP contribution >= 0.6 is 0 Å². The van der Waals surface area contributed by atoms with Gasteiger partial charge in [-0.1, -0.05) is 12.1 Å². The molecule has 4 rings (SSSR count). The van der Waals surface area contributed by atoms with Crippen LogP contribution in [-0.2, 0) is 6.54 Å². The highest BCUT2D eigenvalue weighted by molar-refractivity contribution is 5.87. The van der Waals surface area contributed by atoms with Gasteiger partial charge in [-0.3, -0.25) is 9.59 Å². The van der Waals surface area contributed by atoms with Crippen molar-refractivity contribution in [1.29, 1.82) is 0 Å². The summed E-state index contributed by atoms with van der Waals surface area (Å²) in [6, 6.07) is 14.5. The Morgan fingerprint density at radius 2 is 1.81 bits per heavy atom. The number of hydrogen-bond acceptors (Lipinski definition) is 5. The largest absolute Gasteiger partial charge is 0.508 e. The molecule has 0 bridgehead atoms. The van der Waals surface area contributed by atoms with E-state index in [-0.39, 0.29) is 17.1 Å². The standard InChI is InChI=1S/C20H17N3O3/c1-11-7-13-9-14(5-6-16(13)22-11)23-18-17(19(25)20(18)26)21-10-12-3-2-4-15(24)8-12/h2-9,21-24H,10H2,1H3. The Morgan fingerprint density at radius 1 is 1.00 bits per heavy atom. The van der Waals surface area contributed by atoms with E-state index in [1.165, 1.54) is 0 Å². The average Bonchev–Trinajstić information content (AvgIpc) is 3.00. The minimum absolute atomic E-state index is 0.155. The molecule has 0 aliphatic carbocycles. The van der Waals surface area contributed by atoms with E-state index in [1.807, 2.05) is 37.3 Å². The molecule has 6 heteroatoms. The fraction of sp³-hybridized carbons (Fsp3) is 0.100. The van der Waals surface area contributed by atoms with Crippen LogP contribution in [0.5, 0.6) is 5.75 Å². The summed E-state index contributed by atoms with van der Waals surface area (Å²) in [5, 5.41) is 16.6. The van der Waals surface area contributed by atoms with Crippen molar-refractivity contribution >= 4 is 28.0 Å². The first kappa shape index (κ1) is 16.0. The third kappa shape index (κ3) is 2.82. The van der Waals surface area contributed by atoms with E-state index in [1.54, 1.807) is 18.2 Å². The molecule has 3 aromatic carbocycles. The highest BCUT2D eigenvalue weighted by Crippen LogP contribution is 2.25. The minimum atomic E-state index is -0.536. The quantitative estimate of drug-likeness (QED) is 0.416. The topological polar surface area (TPSA) is 94.2 Å². The third-order valence-electron chi connectivity index (χ3n) is 4.31. The van der Waals surface area contributed by atoms with Crippen LogP contribution < -0.4 is 21.5 Å². The van der Waals surface area contributed by atoms with Crippen LogP contribution in [0.25, 0.3) is 10.9 Å². The number of aromatic nitrogens is 1. The molecule has 4 aromatic rings. The van der Waals surface area contributed by atoms with E-state index in [4.69, 9.17) is 0 Å². The first-order valence-electron chi connectivity index (χ1n) is 8.23. The van der Waals surface area contributed by atoms with Gasteiger partial charge >= 0.3 is 0 Å². The van der Waals surface area contributed by atoms with Crippen LogP contribution in [0.4, 0.5) is 17.1 Å². The summed E-state index contributed by atoms with van der Waals surface area (Å²) in [6.07, 6.45) is 0. The van der Waals surface area contributed by atoms with Crippen molar-refractivity contribution in [2.75, 3.05) is 10.6 Å². The van der Waals surface area contributed by atoms with Crippen LogP contribution in [-0.4, -0.2) is 10.1 Å². The highest BCUT2D eigenvalue weighted by atomic mass is 16.3. The second kappa shape index (κ2) is 6.07. The zero-order valence-electron chi connectivity index (χ0n) is 14.1. The first-order valence-corrected chi connectivity index (χ1v) is 8.23. The SMILES string of the molecule is Cc1cc2cc(Nc3c(NCc4cccc(O)c4)c(=O)c3=O)ccc2[nH]1. The maximum atomic E-state index is 12.0. The Hall–Kier alpha value is -3.54. The molecule has 0 saturated carbocycles. The monoisotopic (exact) mass is 347 g/mol. The second-order valence-corrected chi connectivity index (χ2v) is 6.31. The summed E-state index contributed by atoms with van der Waals surface area (Å²) in [6.45, 7) is 2.32. The van der Waals surface area contributed by atoms with Gasteiger partial charge in [0.2, 0.25) is 0 Å². The molecule has 0 aliphatic rings. The average molecular weight is 347 g/mol. The van der Waals surface area contributed by atoms with Gasteiger partial charge in [0.1, 0.15) is 17.1 Å². The molecule has 0 atom stereocenters.